The molecule has 3 aromatic rings. The number of anilines is 1. The molecule has 9 heteroatoms. The van der Waals surface area contributed by atoms with Crippen LogP contribution in [-0.4, -0.2) is 43.0 Å². The molecular formula is C19H17N3O6. The van der Waals surface area contributed by atoms with Gasteiger partial charge in [0.2, 0.25) is 12.0 Å². The molecule has 1 aliphatic rings. The highest BCUT2D eigenvalue weighted by Gasteiger charge is 2.28. The van der Waals surface area contributed by atoms with Gasteiger partial charge in [-0.2, -0.15) is 0 Å². The standard InChI is InChI=1S/C19H17N3O6/c1-24-12-8-7-11(9-15(12)25-2)18-21-22-19(28-18)20-17(23)16-10-26-13-5-3-4-6-14(13)27-16/h3-9,16H,10H2,1-2H3,(H,20,22,23)/t16-/m1/s1. The highest BCUT2D eigenvalue weighted by atomic mass is 16.6. The molecule has 2 heterocycles. The van der Waals surface area contributed by atoms with Gasteiger partial charge >= 0.3 is 6.01 Å². The minimum Gasteiger partial charge on any atom is -0.493 e. The van der Waals surface area contributed by atoms with Crippen molar-refractivity contribution in [1.82, 2.24) is 10.2 Å². The second-order valence-corrected chi connectivity index (χ2v) is 5.84. The first-order chi connectivity index (χ1) is 13.7. The zero-order valence-corrected chi connectivity index (χ0v) is 15.2. The van der Waals surface area contributed by atoms with E-state index in [1.54, 1.807) is 43.5 Å². The first-order valence-electron chi connectivity index (χ1n) is 8.43. The Labute approximate surface area is 160 Å². The molecule has 0 aliphatic carbocycles. The number of hydrogen-bond donors (Lipinski definition) is 1. The minimum absolute atomic E-state index is 0.0442. The fourth-order valence-electron chi connectivity index (χ4n) is 2.69. The van der Waals surface area contributed by atoms with Crippen LogP contribution in [0.2, 0.25) is 0 Å². The fraction of sp³-hybridized carbons (Fsp3) is 0.211. The van der Waals surface area contributed by atoms with Gasteiger partial charge in [-0.05, 0) is 30.3 Å². The van der Waals surface area contributed by atoms with Gasteiger partial charge in [0.1, 0.15) is 6.61 Å². The molecule has 9 nitrogen and oxygen atoms in total. The number of carbonyl (C=O) groups excluding carboxylic acids is 1. The third-order valence-electron chi connectivity index (χ3n) is 4.09. The maximum absolute atomic E-state index is 12.4. The Morgan fingerprint density at radius 3 is 2.64 bits per heavy atom. The van der Waals surface area contributed by atoms with Gasteiger partial charge in [0.25, 0.3) is 5.91 Å². The number of rotatable bonds is 5. The van der Waals surface area contributed by atoms with E-state index < -0.39 is 12.0 Å². The lowest BCUT2D eigenvalue weighted by atomic mass is 10.2. The lowest BCUT2D eigenvalue weighted by Crippen LogP contribution is -2.40. The summed E-state index contributed by atoms with van der Waals surface area (Å²) >= 11 is 0. The summed E-state index contributed by atoms with van der Waals surface area (Å²) in [4.78, 5) is 12.4. The highest BCUT2D eigenvalue weighted by molar-refractivity contribution is 5.93. The predicted molar refractivity (Wildman–Crippen MR) is 97.8 cm³/mol. The van der Waals surface area contributed by atoms with E-state index in [9.17, 15) is 4.79 Å². The van der Waals surface area contributed by atoms with Crippen molar-refractivity contribution < 1.29 is 28.2 Å². The molecule has 0 fully saturated rings. The van der Waals surface area contributed by atoms with Crippen molar-refractivity contribution in [2.75, 3.05) is 26.1 Å². The van der Waals surface area contributed by atoms with E-state index in [1.165, 1.54) is 7.11 Å². The van der Waals surface area contributed by atoms with Gasteiger partial charge in [-0.3, -0.25) is 10.1 Å². The van der Waals surface area contributed by atoms with Crippen LogP contribution in [0.1, 0.15) is 0 Å². The van der Waals surface area contributed by atoms with Crippen LogP contribution in [0.4, 0.5) is 6.01 Å². The number of para-hydroxylation sites is 2. The summed E-state index contributed by atoms with van der Waals surface area (Å²) in [5, 5.41) is 10.3. The SMILES string of the molecule is COc1ccc(-c2nnc(NC(=O)[C@H]3COc4ccccc4O3)o2)cc1OC. The Balaban J connectivity index is 1.46. The quantitative estimate of drug-likeness (QED) is 0.717. The molecule has 1 aromatic heterocycles. The van der Waals surface area contributed by atoms with Crippen molar-refractivity contribution in [3.8, 4) is 34.5 Å². The summed E-state index contributed by atoms with van der Waals surface area (Å²) in [5.41, 5.74) is 0.622. The van der Waals surface area contributed by atoms with E-state index in [0.29, 0.717) is 28.6 Å². The average molecular weight is 383 g/mol. The summed E-state index contributed by atoms with van der Waals surface area (Å²) in [7, 11) is 3.08. The highest BCUT2D eigenvalue weighted by Crippen LogP contribution is 2.33. The van der Waals surface area contributed by atoms with Gasteiger partial charge in [0.15, 0.2) is 23.0 Å². The number of nitrogens with zero attached hydrogens (tertiary/aromatic N) is 2. The Kier molecular flexibility index (Phi) is 4.71. The van der Waals surface area contributed by atoms with Gasteiger partial charge in [-0.25, -0.2) is 0 Å². The zero-order chi connectivity index (χ0) is 19.5. The number of ether oxygens (including phenoxy) is 4. The largest absolute Gasteiger partial charge is 0.493 e. The van der Waals surface area contributed by atoms with Crippen molar-refractivity contribution in [1.29, 1.82) is 0 Å². The lowest BCUT2D eigenvalue weighted by Gasteiger charge is -2.24. The molecular weight excluding hydrogens is 366 g/mol. The molecule has 1 atom stereocenters. The van der Waals surface area contributed by atoms with Crippen molar-refractivity contribution in [3.05, 3.63) is 42.5 Å². The molecule has 144 valence electrons. The maximum Gasteiger partial charge on any atom is 0.322 e. The zero-order valence-electron chi connectivity index (χ0n) is 15.2. The molecule has 0 unspecified atom stereocenters. The average Bonchev–Trinajstić information content (AvgIpc) is 3.21. The monoisotopic (exact) mass is 383 g/mol. The molecule has 1 amide bonds. The molecule has 0 saturated carbocycles. The third-order valence-corrected chi connectivity index (χ3v) is 4.09. The van der Waals surface area contributed by atoms with Crippen LogP contribution in [0.25, 0.3) is 11.5 Å². The molecule has 0 radical (unpaired) electrons. The van der Waals surface area contributed by atoms with E-state index in [2.05, 4.69) is 15.5 Å². The number of amides is 1. The summed E-state index contributed by atoms with van der Waals surface area (Å²) in [5.74, 6) is 1.98. The summed E-state index contributed by atoms with van der Waals surface area (Å²) in [6.45, 7) is 0.0829. The lowest BCUT2D eigenvalue weighted by molar-refractivity contribution is -0.125. The summed E-state index contributed by atoms with van der Waals surface area (Å²) < 4.78 is 27.2. The smallest absolute Gasteiger partial charge is 0.322 e. The molecule has 0 bridgehead atoms. The van der Waals surface area contributed by atoms with E-state index in [0.717, 1.165) is 0 Å². The Morgan fingerprint density at radius 2 is 1.86 bits per heavy atom. The van der Waals surface area contributed by atoms with E-state index in [1.807, 2.05) is 6.07 Å². The van der Waals surface area contributed by atoms with E-state index in [4.69, 9.17) is 23.4 Å². The van der Waals surface area contributed by atoms with Crippen LogP contribution in [-0.2, 0) is 4.79 Å². The number of nitrogens with one attached hydrogen (secondary N) is 1. The minimum atomic E-state index is -0.827. The third kappa shape index (κ3) is 3.41. The van der Waals surface area contributed by atoms with Crippen LogP contribution in [0.5, 0.6) is 23.0 Å². The van der Waals surface area contributed by atoms with Crippen LogP contribution >= 0.6 is 0 Å². The first kappa shape index (κ1) is 17.7. The summed E-state index contributed by atoms with van der Waals surface area (Å²) in [6.07, 6.45) is -0.827. The number of fused-ring (bicyclic) bond motifs is 1. The van der Waals surface area contributed by atoms with Gasteiger partial charge < -0.3 is 23.4 Å². The van der Waals surface area contributed by atoms with Gasteiger partial charge in [0.05, 0.1) is 14.2 Å². The molecule has 0 spiro atoms. The normalized spacial score (nSPS) is 15.0. The molecule has 28 heavy (non-hydrogen) atoms. The van der Waals surface area contributed by atoms with Gasteiger partial charge in [-0.15, -0.1) is 5.10 Å². The van der Waals surface area contributed by atoms with E-state index >= 15 is 0 Å². The first-order valence-corrected chi connectivity index (χ1v) is 8.43. The topological polar surface area (TPSA) is 105 Å². The van der Waals surface area contributed by atoms with Crippen molar-refractivity contribution in [3.63, 3.8) is 0 Å². The predicted octanol–water partition coefficient (Wildman–Crippen LogP) is 2.53. The van der Waals surface area contributed by atoms with Crippen molar-refractivity contribution in [2.45, 2.75) is 6.10 Å². The molecule has 1 N–H and O–H groups in total. The Hall–Kier alpha value is -3.75. The van der Waals surface area contributed by atoms with Crippen LogP contribution in [0.15, 0.2) is 46.9 Å². The summed E-state index contributed by atoms with van der Waals surface area (Å²) in [6, 6.07) is 12.3. The molecule has 1 aliphatic heterocycles. The number of aromatic nitrogens is 2. The Morgan fingerprint density at radius 1 is 1.07 bits per heavy atom. The fourth-order valence-corrected chi connectivity index (χ4v) is 2.69. The van der Waals surface area contributed by atoms with Crippen LogP contribution < -0.4 is 24.3 Å². The number of methoxy groups -OCH3 is 2. The van der Waals surface area contributed by atoms with Crippen molar-refractivity contribution >= 4 is 11.9 Å². The maximum atomic E-state index is 12.4. The second-order valence-electron chi connectivity index (χ2n) is 5.84. The second kappa shape index (κ2) is 7.47. The Bertz CT molecular complexity index is 1000. The van der Waals surface area contributed by atoms with E-state index in [-0.39, 0.29) is 18.5 Å². The van der Waals surface area contributed by atoms with Gasteiger partial charge in [0, 0.05) is 5.56 Å². The molecule has 4 rings (SSSR count). The van der Waals surface area contributed by atoms with Gasteiger partial charge in [-0.1, -0.05) is 17.2 Å². The number of hydrogen-bond acceptors (Lipinski definition) is 8. The number of carbonyl (C=O) groups is 1. The van der Waals surface area contributed by atoms with Crippen molar-refractivity contribution in [2.24, 2.45) is 0 Å². The van der Waals surface area contributed by atoms with Crippen LogP contribution in [0, 0.1) is 0 Å². The number of benzene rings is 2. The van der Waals surface area contributed by atoms with Crippen LogP contribution in [0.3, 0.4) is 0 Å². The molecule has 0 saturated heterocycles. The molecule has 2 aromatic carbocycles.